The largest absolute Gasteiger partial charge is 0.439 e. The average Bonchev–Trinajstić information content (AvgIpc) is 2.57. The van der Waals surface area contributed by atoms with Crippen LogP contribution in [-0.4, -0.2) is 0 Å². The Kier molecular flexibility index (Phi) is 3.36. The Balaban J connectivity index is 1.83. The molecule has 23 heavy (non-hydrogen) atoms. The van der Waals surface area contributed by atoms with E-state index in [2.05, 4.69) is 6.92 Å². The molecule has 0 fully saturated rings. The molecule has 1 atom stereocenters. The first-order valence-corrected chi connectivity index (χ1v) is 9.50. The summed E-state index contributed by atoms with van der Waals surface area (Å²) >= 11 is 0. The first-order chi connectivity index (χ1) is 11.2. The molecule has 4 rings (SSSR count). The summed E-state index contributed by atoms with van der Waals surface area (Å²) in [6.07, 6.45) is 0.415. The summed E-state index contributed by atoms with van der Waals surface area (Å²) in [4.78, 5) is 0. The number of rotatable bonds is 2. The van der Waals surface area contributed by atoms with Crippen molar-refractivity contribution in [3.05, 3.63) is 83.9 Å². The third-order valence-corrected chi connectivity index (χ3v) is 6.60. The lowest BCUT2D eigenvalue weighted by Gasteiger charge is -2.28. The van der Waals surface area contributed by atoms with E-state index in [-0.39, 0.29) is 0 Å². The van der Waals surface area contributed by atoms with E-state index < -0.39 is 7.37 Å². The molecule has 1 aliphatic heterocycles. The van der Waals surface area contributed by atoms with E-state index in [1.54, 1.807) is 0 Å². The van der Waals surface area contributed by atoms with Crippen molar-refractivity contribution in [3.63, 3.8) is 0 Å². The number of hydrogen-bond donors (Lipinski definition) is 0. The molecule has 3 aromatic rings. The molecule has 2 nitrogen and oxygen atoms in total. The van der Waals surface area contributed by atoms with Crippen LogP contribution in [0.2, 0.25) is 0 Å². The summed E-state index contributed by atoms with van der Waals surface area (Å²) in [6.45, 7) is 2.05. The summed E-state index contributed by atoms with van der Waals surface area (Å²) in [5, 5.41) is 0.819. The zero-order valence-electron chi connectivity index (χ0n) is 12.9. The van der Waals surface area contributed by atoms with Crippen molar-refractivity contribution in [1.82, 2.24) is 0 Å². The van der Waals surface area contributed by atoms with Crippen LogP contribution < -0.4 is 9.83 Å². The van der Waals surface area contributed by atoms with Crippen molar-refractivity contribution in [3.8, 4) is 16.9 Å². The van der Waals surface area contributed by atoms with Gasteiger partial charge in [-0.15, -0.1) is 0 Å². The number of benzene rings is 3. The van der Waals surface area contributed by atoms with Crippen LogP contribution in [0.5, 0.6) is 5.75 Å². The molecule has 3 aromatic carbocycles. The monoisotopic (exact) mass is 320 g/mol. The molecule has 0 N–H and O–H groups in total. The van der Waals surface area contributed by atoms with Gasteiger partial charge in [0.25, 0.3) is 7.37 Å². The Morgan fingerprint density at radius 2 is 1.48 bits per heavy atom. The quantitative estimate of drug-likeness (QED) is 0.610. The Bertz CT molecular complexity index is 913. The lowest BCUT2D eigenvalue weighted by molar-refractivity contribution is 0.490. The van der Waals surface area contributed by atoms with Gasteiger partial charge in [-0.3, -0.25) is 4.57 Å². The van der Waals surface area contributed by atoms with Gasteiger partial charge in [-0.25, -0.2) is 0 Å². The van der Waals surface area contributed by atoms with Gasteiger partial charge < -0.3 is 4.52 Å². The van der Waals surface area contributed by atoms with Gasteiger partial charge in [0.1, 0.15) is 5.75 Å². The van der Waals surface area contributed by atoms with Crippen LogP contribution in [0.1, 0.15) is 11.1 Å². The number of hydrogen-bond acceptors (Lipinski definition) is 2. The lowest BCUT2D eigenvalue weighted by atomic mass is 10.0. The average molecular weight is 320 g/mol. The maximum atomic E-state index is 13.7. The molecule has 0 aromatic heterocycles. The SMILES string of the molecule is Cc1ccc(CP2(=O)Oc3ccccc3-c3ccccc32)cc1. The third kappa shape index (κ3) is 2.50. The van der Waals surface area contributed by atoms with Crippen molar-refractivity contribution in [1.29, 1.82) is 0 Å². The van der Waals surface area contributed by atoms with Crippen molar-refractivity contribution in [2.45, 2.75) is 13.1 Å². The minimum absolute atomic E-state index is 0.415. The highest BCUT2D eigenvalue weighted by Crippen LogP contribution is 2.56. The van der Waals surface area contributed by atoms with Crippen LogP contribution >= 0.6 is 7.37 Å². The lowest BCUT2D eigenvalue weighted by Crippen LogP contribution is -2.18. The van der Waals surface area contributed by atoms with Crippen LogP contribution in [0.25, 0.3) is 11.1 Å². The number of aryl methyl sites for hydroxylation is 1. The van der Waals surface area contributed by atoms with E-state index in [9.17, 15) is 4.57 Å². The Labute approximate surface area is 136 Å². The molecular weight excluding hydrogens is 303 g/mol. The summed E-state index contributed by atoms with van der Waals surface area (Å²) in [5.41, 5.74) is 4.26. The minimum Gasteiger partial charge on any atom is -0.439 e. The maximum Gasteiger partial charge on any atom is 0.282 e. The Morgan fingerprint density at radius 1 is 0.826 bits per heavy atom. The van der Waals surface area contributed by atoms with Crippen molar-refractivity contribution >= 4 is 12.7 Å². The molecule has 1 heterocycles. The maximum absolute atomic E-state index is 13.7. The van der Waals surface area contributed by atoms with Crippen LogP contribution in [-0.2, 0) is 10.7 Å². The fraction of sp³-hybridized carbons (Fsp3) is 0.100. The highest BCUT2D eigenvalue weighted by Gasteiger charge is 2.35. The highest BCUT2D eigenvalue weighted by molar-refractivity contribution is 7.67. The van der Waals surface area contributed by atoms with Gasteiger partial charge in [0.05, 0.1) is 11.5 Å². The molecule has 0 aliphatic carbocycles. The van der Waals surface area contributed by atoms with Gasteiger partial charge in [0.15, 0.2) is 0 Å². The standard InChI is InChI=1S/C20H17O2P/c1-15-10-12-16(13-11-15)14-23(21)20-9-5-3-7-18(20)17-6-2-4-8-19(17)22-23/h2-13H,14H2,1H3. The molecule has 0 saturated carbocycles. The second-order valence-corrected chi connectivity index (χ2v) is 8.25. The normalized spacial score (nSPS) is 18.7. The fourth-order valence-electron chi connectivity index (χ4n) is 3.03. The minimum atomic E-state index is -2.97. The van der Waals surface area contributed by atoms with Gasteiger partial charge in [0.2, 0.25) is 0 Å². The topological polar surface area (TPSA) is 26.3 Å². The smallest absolute Gasteiger partial charge is 0.282 e. The van der Waals surface area contributed by atoms with Crippen molar-refractivity contribution < 1.29 is 9.09 Å². The summed E-state index contributed by atoms with van der Waals surface area (Å²) in [5.74, 6) is 0.710. The van der Waals surface area contributed by atoms with E-state index in [1.807, 2.05) is 72.8 Å². The highest BCUT2D eigenvalue weighted by atomic mass is 31.2. The molecule has 0 spiro atoms. The predicted molar refractivity (Wildman–Crippen MR) is 94.6 cm³/mol. The molecular formula is C20H17O2P. The molecule has 1 unspecified atom stereocenters. The van der Waals surface area contributed by atoms with E-state index in [0.717, 1.165) is 22.0 Å². The molecule has 1 aliphatic rings. The van der Waals surface area contributed by atoms with Gasteiger partial charge in [-0.05, 0) is 30.2 Å². The van der Waals surface area contributed by atoms with E-state index in [1.165, 1.54) is 5.56 Å². The van der Waals surface area contributed by atoms with Crippen LogP contribution in [0.3, 0.4) is 0 Å². The van der Waals surface area contributed by atoms with Crippen LogP contribution in [0.15, 0.2) is 72.8 Å². The molecule has 0 bridgehead atoms. The summed E-state index contributed by atoms with van der Waals surface area (Å²) in [7, 11) is -2.97. The van der Waals surface area contributed by atoms with E-state index >= 15 is 0 Å². The second kappa shape index (κ2) is 5.40. The predicted octanol–water partition coefficient (Wildman–Crippen LogP) is 5.16. The molecule has 0 amide bonds. The molecule has 114 valence electrons. The van der Waals surface area contributed by atoms with Crippen molar-refractivity contribution in [2.75, 3.05) is 0 Å². The second-order valence-electron chi connectivity index (χ2n) is 5.92. The fourth-order valence-corrected chi connectivity index (χ4v) is 5.40. The van der Waals surface area contributed by atoms with Gasteiger partial charge in [0, 0.05) is 5.56 Å². The van der Waals surface area contributed by atoms with E-state index in [0.29, 0.717) is 11.9 Å². The van der Waals surface area contributed by atoms with E-state index in [4.69, 9.17) is 4.52 Å². The molecule has 3 heteroatoms. The van der Waals surface area contributed by atoms with Crippen LogP contribution in [0, 0.1) is 6.92 Å². The Morgan fingerprint density at radius 3 is 2.26 bits per heavy atom. The number of fused-ring (bicyclic) bond motifs is 3. The zero-order chi connectivity index (χ0) is 15.9. The van der Waals surface area contributed by atoms with Gasteiger partial charge >= 0.3 is 0 Å². The summed E-state index contributed by atoms with van der Waals surface area (Å²) < 4.78 is 19.7. The molecule has 0 radical (unpaired) electrons. The van der Waals surface area contributed by atoms with Gasteiger partial charge in [-0.1, -0.05) is 66.2 Å². The van der Waals surface area contributed by atoms with Gasteiger partial charge in [-0.2, -0.15) is 0 Å². The Hall–Kier alpha value is -2.31. The van der Waals surface area contributed by atoms with Crippen LogP contribution in [0.4, 0.5) is 0 Å². The first kappa shape index (κ1) is 14.3. The molecule has 0 saturated heterocycles. The first-order valence-electron chi connectivity index (χ1n) is 7.69. The van der Waals surface area contributed by atoms with Crippen molar-refractivity contribution in [2.24, 2.45) is 0 Å². The third-order valence-electron chi connectivity index (χ3n) is 4.21. The number of para-hydroxylation sites is 1. The summed E-state index contributed by atoms with van der Waals surface area (Å²) in [6, 6.07) is 23.8. The zero-order valence-corrected chi connectivity index (χ0v) is 13.8.